The fraction of sp³-hybridized carbons (Fsp3) is 0.200. The van der Waals surface area contributed by atoms with Crippen LogP contribution in [0.15, 0.2) is 77.5 Å². The number of furan rings is 1. The topological polar surface area (TPSA) is 108 Å². The van der Waals surface area contributed by atoms with Crippen LogP contribution in [0.4, 0.5) is 5.69 Å². The molecule has 196 valence electrons. The van der Waals surface area contributed by atoms with Gasteiger partial charge in [-0.1, -0.05) is 18.2 Å². The third-order valence-electron chi connectivity index (χ3n) is 6.65. The summed E-state index contributed by atoms with van der Waals surface area (Å²) in [5.41, 5.74) is 5.48. The average molecular weight is 523 g/mol. The highest BCUT2D eigenvalue weighted by atomic mass is 16.5. The minimum atomic E-state index is -0.478. The van der Waals surface area contributed by atoms with E-state index in [4.69, 9.17) is 13.9 Å². The Morgan fingerprint density at radius 2 is 1.95 bits per heavy atom. The molecule has 6 rings (SSSR count). The predicted molar refractivity (Wildman–Crippen MR) is 144 cm³/mol. The molecule has 0 unspecified atom stereocenters. The fourth-order valence-corrected chi connectivity index (χ4v) is 4.78. The van der Waals surface area contributed by atoms with E-state index in [1.165, 1.54) is 23.7 Å². The molecule has 3 aromatic heterocycles. The summed E-state index contributed by atoms with van der Waals surface area (Å²) in [5, 5.41) is 7.21. The van der Waals surface area contributed by atoms with Crippen molar-refractivity contribution in [1.29, 1.82) is 0 Å². The van der Waals surface area contributed by atoms with Crippen molar-refractivity contribution in [3.05, 3.63) is 101 Å². The lowest BCUT2D eigenvalue weighted by molar-refractivity contribution is 0.0528. The first-order valence-corrected chi connectivity index (χ1v) is 12.8. The molecule has 0 spiro atoms. The maximum Gasteiger partial charge on any atom is 0.343 e. The van der Waals surface area contributed by atoms with Gasteiger partial charge in [0.05, 0.1) is 18.5 Å². The van der Waals surface area contributed by atoms with E-state index in [9.17, 15) is 9.59 Å². The second-order valence-corrected chi connectivity index (χ2v) is 9.22. The number of esters is 1. The van der Waals surface area contributed by atoms with Crippen molar-refractivity contribution in [1.82, 2.24) is 14.6 Å². The van der Waals surface area contributed by atoms with Crippen LogP contribution in [-0.4, -0.2) is 33.1 Å². The number of fused-ring (bicyclic) bond motifs is 2. The number of nitrogens with one attached hydrogen (secondary N) is 1. The Kier molecular flexibility index (Phi) is 6.54. The van der Waals surface area contributed by atoms with Crippen LogP contribution in [0.25, 0.3) is 16.9 Å². The van der Waals surface area contributed by atoms with Crippen LogP contribution in [0, 0.1) is 0 Å². The largest absolute Gasteiger partial charge is 0.486 e. The molecular formula is C30H26N4O5. The number of anilines is 1. The maximum absolute atomic E-state index is 12.9. The van der Waals surface area contributed by atoms with E-state index in [0.29, 0.717) is 22.8 Å². The molecule has 1 aliphatic rings. The van der Waals surface area contributed by atoms with Crippen molar-refractivity contribution >= 4 is 23.2 Å². The number of rotatable bonds is 8. The summed E-state index contributed by atoms with van der Waals surface area (Å²) in [6, 6.07) is 18.7. The highest BCUT2D eigenvalue weighted by Gasteiger charge is 2.18. The Morgan fingerprint density at radius 3 is 2.85 bits per heavy atom. The smallest absolute Gasteiger partial charge is 0.343 e. The third-order valence-corrected chi connectivity index (χ3v) is 6.65. The minimum Gasteiger partial charge on any atom is -0.486 e. The van der Waals surface area contributed by atoms with Crippen LogP contribution < -0.4 is 10.1 Å². The summed E-state index contributed by atoms with van der Waals surface area (Å²) in [5.74, 6) is 0.690. The zero-order valence-electron chi connectivity index (χ0n) is 21.3. The van der Waals surface area contributed by atoms with Crippen LogP contribution in [-0.2, 0) is 24.2 Å². The molecule has 39 heavy (non-hydrogen) atoms. The number of aryl methyl sites for hydroxylation is 2. The highest BCUT2D eigenvalue weighted by molar-refractivity contribution is 6.02. The molecule has 1 amide bonds. The van der Waals surface area contributed by atoms with Crippen LogP contribution in [0.3, 0.4) is 0 Å². The molecule has 9 heteroatoms. The lowest BCUT2D eigenvalue weighted by Gasteiger charge is -2.09. The van der Waals surface area contributed by atoms with Gasteiger partial charge in [-0.15, -0.1) is 0 Å². The molecule has 0 saturated carbocycles. The van der Waals surface area contributed by atoms with Gasteiger partial charge in [-0.05, 0) is 79.8 Å². The van der Waals surface area contributed by atoms with Crippen LogP contribution in [0.2, 0.25) is 0 Å². The maximum atomic E-state index is 12.9. The normalized spacial score (nSPS) is 12.3. The van der Waals surface area contributed by atoms with Crippen molar-refractivity contribution in [2.75, 3.05) is 11.9 Å². The van der Waals surface area contributed by atoms with E-state index in [0.717, 1.165) is 24.2 Å². The van der Waals surface area contributed by atoms with Crippen LogP contribution in [0.1, 0.15) is 51.1 Å². The third kappa shape index (κ3) is 4.98. The van der Waals surface area contributed by atoms with Gasteiger partial charge in [0.1, 0.15) is 23.7 Å². The molecule has 0 aliphatic heterocycles. The number of carbonyl (C=O) groups is 2. The first kappa shape index (κ1) is 24.4. The monoisotopic (exact) mass is 522 g/mol. The molecule has 0 radical (unpaired) electrons. The number of hydrogen-bond donors (Lipinski definition) is 1. The van der Waals surface area contributed by atoms with Crippen molar-refractivity contribution < 1.29 is 23.5 Å². The Balaban J connectivity index is 1.15. The van der Waals surface area contributed by atoms with E-state index in [-0.39, 0.29) is 30.4 Å². The second-order valence-electron chi connectivity index (χ2n) is 9.22. The highest BCUT2D eigenvalue weighted by Crippen LogP contribution is 2.27. The summed E-state index contributed by atoms with van der Waals surface area (Å²) < 4.78 is 18.3. The zero-order valence-corrected chi connectivity index (χ0v) is 21.3. The van der Waals surface area contributed by atoms with Crippen molar-refractivity contribution in [2.45, 2.75) is 32.8 Å². The Morgan fingerprint density at radius 1 is 1.05 bits per heavy atom. The Labute approximate surface area is 224 Å². The van der Waals surface area contributed by atoms with Gasteiger partial charge in [0.15, 0.2) is 11.4 Å². The van der Waals surface area contributed by atoms with Gasteiger partial charge in [0.25, 0.3) is 5.91 Å². The number of aromatic nitrogens is 3. The summed E-state index contributed by atoms with van der Waals surface area (Å²) in [6.07, 6.45) is 6.45. The Bertz CT molecular complexity index is 1690. The second kappa shape index (κ2) is 10.4. The van der Waals surface area contributed by atoms with E-state index in [1.807, 2.05) is 24.3 Å². The van der Waals surface area contributed by atoms with E-state index in [2.05, 4.69) is 27.5 Å². The van der Waals surface area contributed by atoms with Crippen LogP contribution in [0.5, 0.6) is 5.75 Å². The quantitative estimate of drug-likeness (QED) is 0.269. The lowest BCUT2D eigenvalue weighted by atomic mass is 10.1. The summed E-state index contributed by atoms with van der Waals surface area (Å²) in [4.78, 5) is 29.5. The van der Waals surface area contributed by atoms with Crippen molar-refractivity contribution in [3.8, 4) is 17.0 Å². The van der Waals surface area contributed by atoms with Crippen LogP contribution >= 0.6 is 0 Å². The standard InChI is InChI=1S/C30H26N4O5/c1-2-37-30(36)25-17-32-34-26(13-14-31-28(25)34)21-7-4-8-22(15-21)33-29(35)27-12-11-24(39-27)18-38-23-10-9-19-5-3-6-20(19)16-23/h4,7-17H,2-3,5-6,18H2,1H3,(H,33,35). The SMILES string of the molecule is CCOC(=O)c1cnn2c(-c3cccc(NC(=O)c4ccc(COc5ccc6c(c5)CCC6)o4)c3)ccnc12. The van der Waals surface area contributed by atoms with E-state index >= 15 is 0 Å². The number of amides is 1. The molecule has 2 aromatic carbocycles. The summed E-state index contributed by atoms with van der Waals surface area (Å²) in [6.45, 7) is 2.24. The fourth-order valence-electron chi connectivity index (χ4n) is 4.78. The molecule has 0 fully saturated rings. The van der Waals surface area contributed by atoms with Gasteiger partial charge in [-0.25, -0.2) is 14.3 Å². The molecule has 0 atom stereocenters. The predicted octanol–water partition coefficient (Wildman–Crippen LogP) is 5.49. The molecule has 5 aromatic rings. The van der Waals surface area contributed by atoms with Gasteiger partial charge in [0, 0.05) is 17.4 Å². The molecule has 9 nitrogen and oxygen atoms in total. The van der Waals surface area contributed by atoms with Crippen molar-refractivity contribution in [3.63, 3.8) is 0 Å². The van der Waals surface area contributed by atoms with Crippen molar-refractivity contribution in [2.24, 2.45) is 0 Å². The number of hydrogen-bond acceptors (Lipinski definition) is 7. The number of carbonyl (C=O) groups excluding carboxylic acids is 2. The van der Waals surface area contributed by atoms with Gasteiger partial charge in [-0.3, -0.25) is 4.79 Å². The van der Waals surface area contributed by atoms with Gasteiger partial charge >= 0.3 is 5.97 Å². The first-order valence-electron chi connectivity index (χ1n) is 12.8. The number of ether oxygens (including phenoxy) is 2. The number of benzene rings is 2. The zero-order chi connectivity index (χ0) is 26.8. The first-order chi connectivity index (χ1) is 19.1. The minimum absolute atomic E-state index is 0.186. The Hall–Kier alpha value is -4.92. The molecule has 3 heterocycles. The molecule has 1 N–H and O–H groups in total. The van der Waals surface area contributed by atoms with E-state index < -0.39 is 5.97 Å². The molecular weight excluding hydrogens is 496 g/mol. The van der Waals surface area contributed by atoms with Gasteiger partial charge in [0.2, 0.25) is 0 Å². The summed E-state index contributed by atoms with van der Waals surface area (Å²) >= 11 is 0. The lowest BCUT2D eigenvalue weighted by Crippen LogP contribution is -2.11. The van der Waals surface area contributed by atoms with E-state index in [1.54, 1.807) is 41.9 Å². The number of nitrogens with zero attached hydrogens (tertiary/aromatic N) is 3. The summed E-state index contributed by atoms with van der Waals surface area (Å²) in [7, 11) is 0. The average Bonchev–Trinajstić information content (AvgIpc) is 3.71. The van der Waals surface area contributed by atoms with Gasteiger partial charge < -0.3 is 19.2 Å². The van der Waals surface area contributed by atoms with Gasteiger partial charge in [-0.2, -0.15) is 5.10 Å². The molecule has 1 aliphatic carbocycles. The molecule has 0 bridgehead atoms. The molecule has 0 saturated heterocycles.